The predicted molar refractivity (Wildman–Crippen MR) is 147 cm³/mol. The van der Waals surface area contributed by atoms with Crippen LogP contribution < -0.4 is 0 Å². The normalized spacial score (nSPS) is 12.8. The molecule has 0 fully saturated rings. The summed E-state index contributed by atoms with van der Waals surface area (Å²) in [5.74, 6) is 0.403. The van der Waals surface area contributed by atoms with E-state index in [1.165, 1.54) is 0 Å². The van der Waals surface area contributed by atoms with E-state index in [4.69, 9.17) is 8.92 Å². The Morgan fingerprint density at radius 1 is 0.694 bits per heavy atom. The second-order valence-electron chi connectivity index (χ2n) is 8.51. The number of hydrogen-bond donors (Lipinski definition) is 0. The molecule has 4 aromatic carbocycles. The van der Waals surface area contributed by atoms with E-state index in [-0.39, 0.29) is 6.61 Å². The molecule has 0 aliphatic rings. The van der Waals surface area contributed by atoms with Gasteiger partial charge in [-0.25, -0.2) is 0 Å². The van der Waals surface area contributed by atoms with Crippen LogP contribution in [0, 0.1) is 0 Å². The molecular weight excluding hydrogens is 488 g/mol. The molecule has 0 saturated carbocycles. The van der Waals surface area contributed by atoms with Gasteiger partial charge in [-0.1, -0.05) is 121 Å². The van der Waals surface area contributed by atoms with Gasteiger partial charge in [0.1, 0.15) is 6.10 Å². The van der Waals surface area contributed by atoms with Gasteiger partial charge in [0, 0.05) is 5.75 Å². The molecule has 0 aliphatic heterocycles. The van der Waals surface area contributed by atoms with Crippen molar-refractivity contribution < 1.29 is 17.3 Å². The summed E-state index contributed by atoms with van der Waals surface area (Å²) in [6.07, 6.45) is 0.435. The number of hydrogen-bond acceptors (Lipinski definition) is 5. The van der Waals surface area contributed by atoms with E-state index in [1.54, 1.807) is 11.8 Å². The number of thioether (sulfide) groups is 1. The van der Waals surface area contributed by atoms with E-state index in [0.29, 0.717) is 12.4 Å². The Morgan fingerprint density at radius 3 is 1.53 bits per heavy atom. The zero-order chi connectivity index (χ0) is 25.3. The van der Waals surface area contributed by atoms with Crippen molar-refractivity contribution in [1.29, 1.82) is 0 Å². The minimum atomic E-state index is -3.67. The third kappa shape index (κ3) is 6.86. The van der Waals surface area contributed by atoms with E-state index < -0.39 is 21.0 Å². The number of benzene rings is 4. The van der Waals surface area contributed by atoms with Crippen LogP contribution in [0.4, 0.5) is 0 Å². The van der Waals surface area contributed by atoms with Gasteiger partial charge in [0.25, 0.3) is 10.1 Å². The van der Waals surface area contributed by atoms with Crippen LogP contribution in [-0.4, -0.2) is 33.1 Å². The maximum Gasteiger partial charge on any atom is 0.264 e. The Bertz CT molecular complexity index is 1200. The van der Waals surface area contributed by atoms with Crippen LogP contribution in [0.25, 0.3) is 0 Å². The first-order chi connectivity index (χ1) is 17.5. The quantitative estimate of drug-likeness (QED) is 0.163. The first-order valence-electron chi connectivity index (χ1n) is 11.8. The summed E-state index contributed by atoms with van der Waals surface area (Å²) < 4.78 is 35.1. The van der Waals surface area contributed by atoms with E-state index in [1.807, 2.05) is 84.9 Å². The summed E-state index contributed by atoms with van der Waals surface area (Å²) in [4.78, 5) is 0. The minimum Gasteiger partial charge on any atom is -0.374 e. The Labute approximate surface area is 218 Å². The second kappa shape index (κ2) is 12.4. The Balaban J connectivity index is 1.67. The average molecular weight is 519 g/mol. The zero-order valence-corrected chi connectivity index (χ0v) is 21.8. The Kier molecular flexibility index (Phi) is 8.99. The molecule has 6 heteroatoms. The Morgan fingerprint density at radius 2 is 1.11 bits per heavy atom. The largest absolute Gasteiger partial charge is 0.374 e. The molecule has 1 atom stereocenters. The molecule has 0 heterocycles. The molecule has 0 N–H and O–H groups in total. The standard InChI is InChI=1S/C30H30O4S2/c1-36(31,32)34-29(23-33-22-25-14-6-2-7-15-25)24-35-30(26-16-8-3-9-17-26,27-18-10-4-11-19-27)28-20-12-5-13-21-28/h2-21,29H,22-24H2,1H3/t29-/m0/s1. The van der Waals surface area contributed by atoms with E-state index in [2.05, 4.69) is 36.4 Å². The van der Waals surface area contributed by atoms with Crippen LogP contribution >= 0.6 is 11.8 Å². The summed E-state index contributed by atoms with van der Waals surface area (Å²) in [5.41, 5.74) is 4.34. The van der Waals surface area contributed by atoms with Gasteiger partial charge >= 0.3 is 0 Å². The molecule has 4 aromatic rings. The molecule has 0 unspecified atom stereocenters. The first-order valence-corrected chi connectivity index (χ1v) is 14.6. The van der Waals surface area contributed by atoms with Crippen LogP contribution in [0.1, 0.15) is 22.3 Å². The molecular formula is C30H30O4S2. The van der Waals surface area contributed by atoms with Crippen LogP contribution in [-0.2, 0) is 30.4 Å². The fourth-order valence-electron chi connectivity index (χ4n) is 4.22. The third-order valence-corrected chi connectivity index (χ3v) is 8.05. The second-order valence-corrected chi connectivity index (χ2v) is 11.3. The van der Waals surface area contributed by atoms with Gasteiger partial charge in [-0.15, -0.1) is 11.8 Å². The van der Waals surface area contributed by atoms with Crippen molar-refractivity contribution in [1.82, 2.24) is 0 Å². The smallest absolute Gasteiger partial charge is 0.264 e. The van der Waals surface area contributed by atoms with Crippen molar-refractivity contribution in [2.45, 2.75) is 17.5 Å². The number of rotatable bonds is 12. The molecule has 0 bridgehead atoms. The lowest BCUT2D eigenvalue weighted by Gasteiger charge is -2.36. The number of ether oxygens (including phenoxy) is 1. The first kappa shape index (κ1) is 26.2. The summed E-state index contributed by atoms with van der Waals surface area (Å²) in [5, 5.41) is 0. The lowest BCUT2D eigenvalue weighted by molar-refractivity contribution is 0.0545. The molecule has 0 aromatic heterocycles. The zero-order valence-electron chi connectivity index (χ0n) is 20.2. The van der Waals surface area contributed by atoms with Crippen molar-refractivity contribution in [3.8, 4) is 0 Å². The van der Waals surface area contributed by atoms with Gasteiger partial charge < -0.3 is 4.74 Å². The van der Waals surface area contributed by atoms with Gasteiger partial charge in [-0.3, -0.25) is 4.18 Å². The molecule has 4 nitrogen and oxygen atoms in total. The van der Waals surface area contributed by atoms with Gasteiger partial charge in [-0.2, -0.15) is 8.42 Å². The maximum atomic E-state index is 12.1. The van der Waals surface area contributed by atoms with Crippen LogP contribution in [0.3, 0.4) is 0 Å². The summed E-state index contributed by atoms with van der Waals surface area (Å²) in [7, 11) is -3.67. The minimum absolute atomic E-state index is 0.156. The lowest BCUT2D eigenvalue weighted by atomic mass is 9.84. The van der Waals surface area contributed by atoms with E-state index >= 15 is 0 Å². The van der Waals surface area contributed by atoms with Gasteiger partial charge in [0.15, 0.2) is 0 Å². The molecule has 0 spiro atoms. The SMILES string of the molecule is CS(=O)(=O)O[C@@H](COCc1ccccc1)CSC(c1ccccc1)(c1ccccc1)c1ccccc1. The summed E-state index contributed by atoms with van der Waals surface area (Å²) >= 11 is 1.65. The highest BCUT2D eigenvalue weighted by molar-refractivity contribution is 8.00. The fourth-order valence-corrected chi connectivity index (χ4v) is 6.43. The molecule has 0 aliphatic carbocycles. The maximum absolute atomic E-state index is 12.1. The third-order valence-electron chi connectivity index (χ3n) is 5.75. The van der Waals surface area contributed by atoms with Crippen molar-refractivity contribution in [3.63, 3.8) is 0 Å². The van der Waals surface area contributed by atoms with Gasteiger partial charge in [-0.05, 0) is 22.3 Å². The molecule has 4 rings (SSSR count). The van der Waals surface area contributed by atoms with E-state index in [0.717, 1.165) is 28.5 Å². The predicted octanol–water partition coefficient (Wildman–Crippen LogP) is 6.27. The highest BCUT2D eigenvalue weighted by Crippen LogP contribution is 2.48. The average Bonchev–Trinajstić information content (AvgIpc) is 2.90. The summed E-state index contributed by atoms with van der Waals surface area (Å²) in [6.45, 7) is 0.541. The van der Waals surface area contributed by atoms with Crippen molar-refractivity contribution in [2.75, 3.05) is 18.6 Å². The van der Waals surface area contributed by atoms with Crippen molar-refractivity contribution in [2.24, 2.45) is 0 Å². The highest BCUT2D eigenvalue weighted by atomic mass is 32.2. The molecule has 0 radical (unpaired) electrons. The van der Waals surface area contributed by atoms with Crippen LogP contribution in [0.15, 0.2) is 121 Å². The van der Waals surface area contributed by atoms with E-state index in [9.17, 15) is 8.42 Å². The van der Waals surface area contributed by atoms with Crippen molar-refractivity contribution >= 4 is 21.9 Å². The lowest BCUT2D eigenvalue weighted by Crippen LogP contribution is -2.31. The molecule has 36 heavy (non-hydrogen) atoms. The molecule has 0 amide bonds. The van der Waals surface area contributed by atoms with Crippen LogP contribution in [0.2, 0.25) is 0 Å². The fraction of sp³-hybridized carbons (Fsp3) is 0.200. The molecule has 186 valence electrons. The van der Waals surface area contributed by atoms with Crippen molar-refractivity contribution in [3.05, 3.63) is 144 Å². The van der Waals surface area contributed by atoms with Gasteiger partial charge in [0.05, 0.1) is 24.2 Å². The van der Waals surface area contributed by atoms with Crippen LogP contribution in [0.5, 0.6) is 0 Å². The highest BCUT2D eigenvalue weighted by Gasteiger charge is 2.38. The van der Waals surface area contributed by atoms with Gasteiger partial charge in [0.2, 0.25) is 0 Å². The monoisotopic (exact) mass is 518 g/mol. The molecule has 0 saturated heterocycles. The summed E-state index contributed by atoms with van der Waals surface area (Å²) in [6, 6.07) is 40.7. The Hall–Kier alpha value is -2.90. The topological polar surface area (TPSA) is 52.6 Å².